The van der Waals surface area contributed by atoms with Crippen LogP contribution in [-0.2, 0) is 12.6 Å². The molecule has 3 nitrogen and oxygen atoms in total. The molecule has 2 aliphatic rings. The zero-order chi connectivity index (χ0) is 22.0. The average Bonchev–Trinajstić information content (AvgIpc) is 2.95. The monoisotopic (exact) mass is 450 g/mol. The lowest BCUT2D eigenvalue weighted by Gasteiger charge is -2.36. The topological polar surface area (TPSA) is 23.6 Å². The van der Waals surface area contributed by atoms with Crippen LogP contribution in [0.15, 0.2) is 42.5 Å². The summed E-state index contributed by atoms with van der Waals surface area (Å²) in [5.74, 6) is 0.131. The van der Waals surface area contributed by atoms with Crippen LogP contribution in [0.25, 0.3) is 0 Å². The van der Waals surface area contributed by atoms with E-state index in [0.717, 1.165) is 62.3 Å². The Kier molecular flexibility index (Phi) is 6.47. The van der Waals surface area contributed by atoms with Gasteiger partial charge >= 0.3 is 6.18 Å². The second-order valence-electron chi connectivity index (χ2n) is 8.49. The van der Waals surface area contributed by atoms with Crippen LogP contribution in [0.4, 0.5) is 18.9 Å². The summed E-state index contributed by atoms with van der Waals surface area (Å²) in [6.45, 7) is 3.08. The molecule has 0 N–H and O–H groups in total. The predicted molar refractivity (Wildman–Crippen MR) is 117 cm³/mol. The van der Waals surface area contributed by atoms with E-state index in [0.29, 0.717) is 19.0 Å². The van der Waals surface area contributed by atoms with Gasteiger partial charge in [0.2, 0.25) is 0 Å². The van der Waals surface area contributed by atoms with E-state index in [4.69, 9.17) is 11.6 Å². The van der Waals surface area contributed by atoms with Gasteiger partial charge in [0.1, 0.15) is 0 Å². The van der Waals surface area contributed by atoms with Crippen LogP contribution < -0.4 is 4.90 Å². The minimum Gasteiger partial charge on any atom is -0.371 e. The normalized spacial score (nSPS) is 17.9. The molecule has 166 valence electrons. The number of alkyl halides is 3. The molecule has 0 aliphatic carbocycles. The SMILES string of the molecule is O=C(c1cccc(C(F)(F)F)c1)N1CCC(CN2CCCCc3cc(Cl)ccc32)CC1. The fourth-order valence-electron chi connectivity index (χ4n) is 4.63. The number of rotatable bonds is 3. The van der Waals surface area contributed by atoms with Gasteiger partial charge in [0.25, 0.3) is 5.91 Å². The number of likely N-dealkylation sites (tertiary alicyclic amines) is 1. The maximum absolute atomic E-state index is 13.0. The second-order valence-corrected chi connectivity index (χ2v) is 8.93. The standard InChI is InChI=1S/C24H26ClF3N2O/c25-21-7-8-22-18(15-21)4-1-2-11-30(22)16-17-9-12-29(13-10-17)23(31)19-5-3-6-20(14-19)24(26,27)28/h3,5-8,14-15,17H,1-2,4,9-13,16H2. The summed E-state index contributed by atoms with van der Waals surface area (Å²) >= 11 is 6.18. The molecule has 1 fully saturated rings. The van der Waals surface area contributed by atoms with Crippen molar-refractivity contribution in [1.82, 2.24) is 4.90 Å². The third kappa shape index (κ3) is 5.17. The smallest absolute Gasteiger partial charge is 0.371 e. The Morgan fingerprint density at radius 1 is 1.03 bits per heavy atom. The quantitative estimate of drug-likeness (QED) is 0.568. The van der Waals surface area contributed by atoms with Crippen molar-refractivity contribution in [2.75, 3.05) is 31.1 Å². The number of fused-ring (bicyclic) bond motifs is 1. The highest BCUT2D eigenvalue weighted by molar-refractivity contribution is 6.30. The molecule has 1 amide bonds. The first-order valence-electron chi connectivity index (χ1n) is 10.8. The van der Waals surface area contributed by atoms with Gasteiger partial charge in [-0.05, 0) is 80.0 Å². The molecule has 7 heteroatoms. The van der Waals surface area contributed by atoms with Gasteiger partial charge in [0, 0.05) is 42.5 Å². The van der Waals surface area contributed by atoms with Crippen LogP contribution in [0.1, 0.15) is 47.2 Å². The van der Waals surface area contributed by atoms with Gasteiger partial charge in [-0.15, -0.1) is 0 Å². The van der Waals surface area contributed by atoms with Gasteiger partial charge in [0.05, 0.1) is 5.56 Å². The average molecular weight is 451 g/mol. The Morgan fingerprint density at radius 3 is 2.55 bits per heavy atom. The first-order chi connectivity index (χ1) is 14.8. The van der Waals surface area contributed by atoms with Crippen LogP contribution in [-0.4, -0.2) is 37.0 Å². The Bertz CT molecular complexity index is 939. The molecular formula is C24H26ClF3N2O. The number of amides is 1. The highest BCUT2D eigenvalue weighted by atomic mass is 35.5. The number of anilines is 1. The van der Waals surface area contributed by atoms with Crippen LogP contribution in [0.3, 0.4) is 0 Å². The molecule has 0 atom stereocenters. The summed E-state index contributed by atoms with van der Waals surface area (Å²) in [6.07, 6.45) is 0.578. The molecule has 2 aromatic carbocycles. The number of piperidine rings is 1. The van der Waals surface area contributed by atoms with Crippen molar-refractivity contribution < 1.29 is 18.0 Å². The number of hydrogen-bond acceptors (Lipinski definition) is 2. The number of carbonyl (C=O) groups excluding carboxylic acids is 1. The molecule has 2 aliphatic heterocycles. The largest absolute Gasteiger partial charge is 0.416 e. The molecule has 1 saturated heterocycles. The minimum atomic E-state index is -4.45. The lowest BCUT2D eigenvalue weighted by molar-refractivity contribution is -0.137. The molecule has 0 bridgehead atoms. The highest BCUT2D eigenvalue weighted by Gasteiger charge is 2.32. The van der Waals surface area contributed by atoms with Gasteiger partial charge in [-0.1, -0.05) is 17.7 Å². The zero-order valence-electron chi connectivity index (χ0n) is 17.3. The lowest BCUT2D eigenvalue weighted by Crippen LogP contribution is -2.42. The number of nitrogens with zero attached hydrogens (tertiary/aromatic N) is 2. The highest BCUT2D eigenvalue weighted by Crippen LogP contribution is 2.32. The van der Waals surface area contributed by atoms with Crippen LogP contribution in [0, 0.1) is 5.92 Å². The summed E-state index contributed by atoms with van der Waals surface area (Å²) in [6, 6.07) is 10.8. The van der Waals surface area contributed by atoms with Gasteiger partial charge in [-0.3, -0.25) is 4.79 Å². The van der Waals surface area contributed by atoms with Crippen molar-refractivity contribution in [2.24, 2.45) is 5.92 Å². The molecule has 31 heavy (non-hydrogen) atoms. The van der Waals surface area contributed by atoms with Gasteiger partial charge < -0.3 is 9.80 Å². The molecule has 2 heterocycles. The number of halogens is 4. The van der Waals surface area contributed by atoms with Gasteiger partial charge in [-0.25, -0.2) is 0 Å². The van der Waals surface area contributed by atoms with Crippen molar-refractivity contribution in [3.05, 3.63) is 64.2 Å². The van der Waals surface area contributed by atoms with E-state index >= 15 is 0 Å². The zero-order valence-corrected chi connectivity index (χ0v) is 18.1. The lowest BCUT2D eigenvalue weighted by atomic mass is 9.95. The maximum atomic E-state index is 13.0. The van der Waals surface area contributed by atoms with E-state index in [1.54, 1.807) is 4.90 Å². The molecule has 0 saturated carbocycles. The molecular weight excluding hydrogens is 425 g/mol. The van der Waals surface area contributed by atoms with Crippen LogP contribution in [0.5, 0.6) is 0 Å². The fraction of sp³-hybridized carbons (Fsp3) is 0.458. The maximum Gasteiger partial charge on any atom is 0.416 e. The van der Waals surface area contributed by atoms with E-state index in [9.17, 15) is 18.0 Å². The van der Waals surface area contributed by atoms with Crippen molar-refractivity contribution in [1.29, 1.82) is 0 Å². The minimum absolute atomic E-state index is 0.103. The van der Waals surface area contributed by atoms with E-state index < -0.39 is 11.7 Å². The summed E-state index contributed by atoms with van der Waals surface area (Å²) in [4.78, 5) is 16.9. The third-order valence-electron chi connectivity index (χ3n) is 6.32. The molecule has 0 radical (unpaired) electrons. The molecule has 2 aromatic rings. The Balaban J connectivity index is 1.38. The number of aryl methyl sites for hydroxylation is 1. The number of benzene rings is 2. The van der Waals surface area contributed by atoms with E-state index in [1.807, 2.05) is 6.07 Å². The van der Waals surface area contributed by atoms with Crippen LogP contribution in [0.2, 0.25) is 5.02 Å². The Hall–Kier alpha value is -2.21. The fourth-order valence-corrected chi connectivity index (χ4v) is 4.83. The van der Waals surface area contributed by atoms with E-state index in [-0.39, 0.29) is 11.5 Å². The van der Waals surface area contributed by atoms with E-state index in [2.05, 4.69) is 17.0 Å². The first-order valence-corrected chi connectivity index (χ1v) is 11.2. The summed E-state index contributed by atoms with van der Waals surface area (Å²) in [7, 11) is 0. The van der Waals surface area contributed by atoms with Crippen molar-refractivity contribution in [3.8, 4) is 0 Å². The molecule has 0 aromatic heterocycles. The summed E-state index contributed by atoms with van der Waals surface area (Å²) in [5, 5.41) is 0.766. The number of hydrogen-bond donors (Lipinski definition) is 0. The Morgan fingerprint density at radius 2 is 1.81 bits per heavy atom. The van der Waals surface area contributed by atoms with Crippen molar-refractivity contribution in [2.45, 2.75) is 38.3 Å². The first kappa shape index (κ1) is 22.0. The predicted octanol–water partition coefficient (Wildman–Crippen LogP) is 6.05. The van der Waals surface area contributed by atoms with Crippen LogP contribution >= 0.6 is 11.6 Å². The van der Waals surface area contributed by atoms with E-state index in [1.165, 1.54) is 23.4 Å². The van der Waals surface area contributed by atoms with Crippen molar-refractivity contribution in [3.63, 3.8) is 0 Å². The number of carbonyl (C=O) groups is 1. The summed E-state index contributed by atoms with van der Waals surface area (Å²) < 4.78 is 38.9. The van der Waals surface area contributed by atoms with Crippen molar-refractivity contribution >= 4 is 23.2 Å². The molecule has 0 spiro atoms. The Labute approximate surface area is 185 Å². The van der Waals surface area contributed by atoms with Gasteiger partial charge in [0.15, 0.2) is 0 Å². The van der Waals surface area contributed by atoms with Gasteiger partial charge in [-0.2, -0.15) is 13.2 Å². The third-order valence-corrected chi connectivity index (χ3v) is 6.56. The molecule has 0 unspecified atom stereocenters. The molecule has 4 rings (SSSR count). The summed E-state index contributed by atoms with van der Waals surface area (Å²) in [5.41, 5.74) is 1.87. The second kappa shape index (κ2) is 9.11.